The second kappa shape index (κ2) is 11.7. The molecule has 1 amide bonds. The van der Waals surface area contributed by atoms with Crippen LogP contribution in [0.1, 0.15) is 50.2 Å². The Balaban J connectivity index is 1.68. The molecule has 1 saturated heterocycles. The molecule has 1 heterocycles. The number of carbonyl (C=O) groups is 1. The van der Waals surface area contributed by atoms with Crippen LogP contribution in [0.25, 0.3) is 0 Å². The Morgan fingerprint density at radius 3 is 2.61 bits per heavy atom. The molecule has 1 unspecified atom stereocenters. The summed E-state index contributed by atoms with van der Waals surface area (Å²) in [5, 5.41) is 2.94. The Labute approximate surface area is 199 Å². The molecule has 3 rings (SSSR count). The minimum Gasteiger partial charge on any atom is -0.354 e. The summed E-state index contributed by atoms with van der Waals surface area (Å²) in [7, 11) is -3.88. The van der Waals surface area contributed by atoms with Gasteiger partial charge in [0.1, 0.15) is 6.54 Å². The zero-order chi connectivity index (χ0) is 23.8. The maximum atomic E-state index is 13.5. The molecule has 0 radical (unpaired) electrons. The van der Waals surface area contributed by atoms with E-state index in [0.717, 1.165) is 37.1 Å². The van der Waals surface area contributed by atoms with Crippen molar-refractivity contribution in [3.63, 3.8) is 0 Å². The van der Waals surface area contributed by atoms with Crippen LogP contribution in [-0.2, 0) is 14.8 Å². The molecule has 0 saturated carbocycles. The zero-order valence-electron chi connectivity index (χ0n) is 20.1. The fourth-order valence-electron chi connectivity index (χ4n) is 4.52. The van der Waals surface area contributed by atoms with Crippen LogP contribution in [-0.4, -0.2) is 51.4 Å². The van der Waals surface area contributed by atoms with Crippen LogP contribution in [0.3, 0.4) is 0 Å². The Kier molecular flexibility index (Phi) is 8.92. The van der Waals surface area contributed by atoms with Gasteiger partial charge in [-0.25, -0.2) is 8.42 Å². The smallest absolute Gasteiger partial charge is 0.264 e. The van der Waals surface area contributed by atoms with Crippen LogP contribution in [0.15, 0.2) is 53.4 Å². The molecule has 1 N–H and O–H groups in total. The highest BCUT2D eigenvalue weighted by Crippen LogP contribution is 2.27. The fraction of sp³-hybridized carbons (Fsp3) is 0.500. The molecular weight excluding hydrogens is 434 g/mol. The number of likely N-dealkylation sites (tertiary alicyclic amines) is 1. The van der Waals surface area contributed by atoms with E-state index in [1.165, 1.54) is 23.6 Å². The van der Waals surface area contributed by atoms with Crippen molar-refractivity contribution in [2.45, 2.75) is 63.8 Å². The summed E-state index contributed by atoms with van der Waals surface area (Å²) in [6.45, 7) is 8.40. The number of aryl methyl sites for hydroxylation is 2. The summed E-state index contributed by atoms with van der Waals surface area (Å²) < 4.78 is 28.2. The monoisotopic (exact) mass is 471 g/mol. The number of amides is 1. The summed E-state index contributed by atoms with van der Waals surface area (Å²) in [5.74, 6) is -0.291. The van der Waals surface area contributed by atoms with E-state index in [-0.39, 0.29) is 17.3 Å². The normalized spacial score (nSPS) is 17.0. The number of hydrogen-bond acceptors (Lipinski definition) is 4. The number of benzene rings is 2. The topological polar surface area (TPSA) is 69.7 Å². The molecule has 1 fully saturated rings. The van der Waals surface area contributed by atoms with E-state index in [1.807, 2.05) is 32.0 Å². The van der Waals surface area contributed by atoms with Crippen LogP contribution in [0, 0.1) is 13.8 Å². The number of piperidine rings is 1. The van der Waals surface area contributed by atoms with Crippen molar-refractivity contribution in [1.29, 1.82) is 0 Å². The molecule has 1 atom stereocenters. The molecular formula is C26H37N3O3S. The van der Waals surface area contributed by atoms with Crippen LogP contribution in [0.5, 0.6) is 0 Å². The summed E-state index contributed by atoms with van der Waals surface area (Å²) in [6.07, 6.45) is 5.82. The highest BCUT2D eigenvalue weighted by molar-refractivity contribution is 7.92. The van der Waals surface area contributed by atoms with Gasteiger partial charge in [0.25, 0.3) is 10.0 Å². The predicted molar refractivity (Wildman–Crippen MR) is 134 cm³/mol. The van der Waals surface area contributed by atoms with E-state index in [1.54, 1.807) is 30.3 Å². The van der Waals surface area contributed by atoms with Crippen molar-refractivity contribution in [2.24, 2.45) is 0 Å². The first kappa shape index (κ1) is 25.2. The molecule has 0 aromatic heterocycles. The third-order valence-electron chi connectivity index (χ3n) is 6.42. The number of carbonyl (C=O) groups excluding carboxylic acids is 1. The second-order valence-electron chi connectivity index (χ2n) is 8.91. The number of nitrogens with one attached hydrogen (secondary N) is 1. The molecule has 0 spiro atoms. The average Bonchev–Trinajstić information content (AvgIpc) is 2.82. The van der Waals surface area contributed by atoms with Gasteiger partial charge in [0.2, 0.25) is 5.91 Å². The lowest BCUT2D eigenvalue weighted by Crippen LogP contribution is -2.43. The van der Waals surface area contributed by atoms with E-state index in [4.69, 9.17) is 0 Å². The summed E-state index contributed by atoms with van der Waals surface area (Å²) in [6, 6.07) is 14.6. The maximum absolute atomic E-state index is 13.5. The number of nitrogens with zero attached hydrogens (tertiary/aromatic N) is 2. The first-order chi connectivity index (χ1) is 15.8. The Bertz CT molecular complexity index is 1020. The minimum atomic E-state index is -3.88. The first-order valence-corrected chi connectivity index (χ1v) is 13.4. The molecule has 180 valence electrons. The van der Waals surface area contributed by atoms with Gasteiger partial charge in [0.15, 0.2) is 0 Å². The Morgan fingerprint density at radius 1 is 1.12 bits per heavy atom. The van der Waals surface area contributed by atoms with Gasteiger partial charge in [-0.2, -0.15) is 0 Å². The van der Waals surface area contributed by atoms with E-state index in [0.29, 0.717) is 18.3 Å². The van der Waals surface area contributed by atoms with Gasteiger partial charge < -0.3 is 10.2 Å². The summed E-state index contributed by atoms with van der Waals surface area (Å²) in [5.41, 5.74) is 2.29. The van der Waals surface area contributed by atoms with Crippen LogP contribution >= 0.6 is 0 Å². The van der Waals surface area contributed by atoms with E-state index < -0.39 is 10.0 Å². The largest absolute Gasteiger partial charge is 0.354 e. The summed E-state index contributed by atoms with van der Waals surface area (Å²) in [4.78, 5) is 15.5. The summed E-state index contributed by atoms with van der Waals surface area (Å²) >= 11 is 0. The average molecular weight is 472 g/mol. The molecule has 0 aliphatic carbocycles. The zero-order valence-corrected chi connectivity index (χ0v) is 20.9. The number of rotatable bonds is 10. The number of anilines is 1. The van der Waals surface area contributed by atoms with E-state index in [9.17, 15) is 13.2 Å². The molecule has 2 aromatic carbocycles. The third kappa shape index (κ3) is 6.58. The quantitative estimate of drug-likeness (QED) is 0.526. The van der Waals surface area contributed by atoms with Crippen molar-refractivity contribution in [3.8, 4) is 0 Å². The highest BCUT2D eigenvalue weighted by atomic mass is 32.2. The van der Waals surface area contributed by atoms with E-state index >= 15 is 0 Å². The molecule has 7 heteroatoms. The van der Waals surface area contributed by atoms with Crippen molar-refractivity contribution >= 4 is 21.6 Å². The van der Waals surface area contributed by atoms with Gasteiger partial charge in [-0.3, -0.25) is 9.10 Å². The van der Waals surface area contributed by atoms with Gasteiger partial charge in [0.05, 0.1) is 10.6 Å². The van der Waals surface area contributed by atoms with E-state index in [2.05, 4.69) is 17.1 Å². The lowest BCUT2D eigenvalue weighted by atomic mass is 10.00. The molecule has 1 aliphatic heterocycles. The van der Waals surface area contributed by atoms with Crippen LogP contribution < -0.4 is 9.62 Å². The number of sulfonamides is 1. The number of hydrogen-bond donors (Lipinski definition) is 1. The molecule has 33 heavy (non-hydrogen) atoms. The van der Waals surface area contributed by atoms with Crippen molar-refractivity contribution in [2.75, 3.05) is 30.5 Å². The van der Waals surface area contributed by atoms with Gasteiger partial charge >= 0.3 is 0 Å². The Hall–Kier alpha value is -2.38. The lowest BCUT2D eigenvalue weighted by molar-refractivity contribution is -0.119. The standard InChI is InChI=1S/C26H37N3O3S/c1-4-23-11-8-9-17-28(23)18-10-16-27-26(30)20-29(25-19-21(2)14-15-22(25)3)33(31,32)24-12-6-5-7-13-24/h5-7,12-15,19,23H,4,8-11,16-18,20H2,1-3H3,(H,27,30). The van der Waals surface area contributed by atoms with Gasteiger partial charge in [-0.05, 0) is 75.4 Å². The van der Waals surface area contributed by atoms with Crippen LogP contribution in [0.2, 0.25) is 0 Å². The third-order valence-corrected chi connectivity index (χ3v) is 8.19. The lowest BCUT2D eigenvalue weighted by Gasteiger charge is -2.35. The van der Waals surface area contributed by atoms with Gasteiger partial charge in [-0.1, -0.05) is 43.7 Å². The molecule has 6 nitrogen and oxygen atoms in total. The second-order valence-corrected chi connectivity index (χ2v) is 10.8. The van der Waals surface area contributed by atoms with Gasteiger partial charge in [-0.15, -0.1) is 0 Å². The SMILES string of the molecule is CCC1CCCCN1CCCNC(=O)CN(c1cc(C)ccc1C)S(=O)(=O)c1ccccc1. The van der Waals surface area contributed by atoms with Crippen molar-refractivity contribution < 1.29 is 13.2 Å². The maximum Gasteiger partial charge on any atom is 0.264 e. The molecule has 0 bridgehead atoms. The molecule has 1 aliphatic rings. The fourth-order valence-corrected chi connectivity index (χ4v) is 6.02. The van der Waals surface area contributed by atoms with Crippen molar-refractivity contribution in [1.82, 2.24) is 10.2 Å². The van der Waals surface area contributed by atoms with Gasteiger partial charge in [0, 0.05) is 19.1 Å². The minimum absolute atomic E-state index is 0.175. The first-order valence-electron chi connectivity index (χ1n) is 12.0. The van der Waals surface area contributed by atoms with Crippen LogP contribution in [0.4, 0.5) is 5.69 Å². The van der Waals surface area contributed by atoms with Crippen molar-refractivity contribution in [3.05, 3.63) is 59.7 Å². The predicted octanol–water partition coefficient (Wildman–Crippen LogP) is 4.27. The highest BCUT2D eigenvalue weighted by Gasteiger charge is 2.28. The molecule has 2 aromatic rings. The Morgan fingerprint density at radius 2 is 1.88 bits per heavy atom.